The van der Waals surface area contributed by atoms with Crippen LogP contribution >= 0.6 is 27.5 Å². The normalized spacial score (nSPS) is 12.2. The minimum absolute atomic E-state index is 0.0276. The largest absolute Gasteiger partial charge is 0.382 e. The van der Waals surface area contributed by atoms with Crippen LogP contribution in [-0.4, -0.2) is 18.7 Å². The number of nitrogens with zero attached hydrogens (tertiary/aromatic N) is 1. The van der Waals surface area contributed by atoms with Crippen molar-refractivity contribution in [1.82, 2.24) is 4.98 Å². The van der Waals surface area contributed by atoms with Crippen molar-refractivity contribution in [2.24, 2.45) is 0 Å². The molecule has 1 aromatic heterocycles. The van der Waals surface area contributed by atoms with Gasteiger partial charge in [0.2, 0.25) is 0 Å². The van der Waals surface area contributed by atoms with Gasteiger partial charge in [-0.05, 0) is 27.6 Å². The lowest BCUT2D eigenvalue weighted by atomic mass is 10.1. The smallest absolute Gasteiger partial charge is 0.152 e. The van der Waals surface area contributed by atoms with Crippen LogP contribution in [0.25, 0.3) is 0 Å². The molecule has 1 heterocycles. The number of hydrogen-bond donors (Lipinski definition) is 1. The van der Waals surface area contributed by atoms with Crippen molar-refractivity contribution < 1.29 is 4.74 Å². The van der Waals surface area contributed by atoms with Gasteiger partial charge in [0.25, 0.3) is 0 Å². The molecule has 5 heteroatoms. The second-order valence-electron chi connectivity index (χ2n) is 4.05. The number of benzene rings is 1. The fourth-order valence-electron chi connectivity index (χ4n) is 1.78. The lowest BCUT2D eigenvalue weighted by molar-refractivity contribution is 0.186. The predicted octanol–water partition coefficient (Wildman–Crippen LogP) is 4.30. The van der Waals surface area contributed by atoms with E-state index in [1.165, 1.54) is 0 Å². The van der Waals surface area contributed by atoms with E-state index in [1.54, 1.807) is 13.3 Å². The van der Waals surface area contributed by atoms with E-state index < -0.39 is 0 Å². The molecule has 1 atom stereocenters. The van der Waals surface area contributed by atoms with Gasteiger partial charge in [-0.1, -0.05) is 41.9 Å². The van der Waals surface area contributed by atoms with Crippen LogP contribution < -0.4 is 5.32 Å². The molecule has 0 aliphatic heterocycles. The van der Waals surface area contributed by atoms with Crippen LogP contribution in [0.1, 0.15) is 11.6 Å². The second-order valence-corrected chi connectivity index (χ2v) is 5.33. The summed E-state index contributed by atoms with van der Waals surface area (Å²) in [5.74, 6) is 0. The Morgan fingerprint density at radius 2 is 2.11 bits per heavy atom. The summed E-state index contributed by atoms with van der Waals surface area (Å²) in [6.45, 7) is 0.548. The van der Waals surface area contributed by atoms with Gasteiger partial charge in [0.05, 0.1) is 18.3 Å². The fourth-order valence-corrected chi connectivity index (χ4v) is 2.27. The van der Waals surface area contributed by atoms with Crippen molar-refractivity contribution in [2.75, 3.05) is 19.0 Å². The molecule has 1 unspecified atom stereocenters. The average Bonchev–Trinajstić information content (AvgIpc) is 2.43. The van der Waals surface area contributed by atoms with E-state index in [9.17, 15) is 0 Å². The molecule has 0 fully saturated rings. The molecule has 0 amide bonds. The number of pyridine rings is 1. The highest BCUT2D eigenvalue weighted by Crippen LogP contribution is 2.27. The van der Waals surface area contributed by atoms with E-state index in [2.05, 4.69) is 38.4 Å². The van der Waals surface area contributed by atoms with Crippen LogP contribution in [0, 0.1) is 0 Å². The number of halogens is 2. The van der Waals surface area contributed by atoms with Gasteiger partial charge in [0, 0.05) is 17.8 Å². The van der Waals surface area contributed by atoms with Gasteiger partial charge in [0.15, 0.2) is 5.15 Å². The molecule has 0 aliphatic rings. The third-order valence-corrected chi connectivity index (χ3v) is 3.41. The zero-order chi connectivity index (χ0) is 13.7. The third-order valence-electron chi connectivity index (χ3n) is 2.67. The van der Waals surface area contributed by atoms with E-state index in [1.807, 2.05) is 24.3 Å². The van der Waals surface area contributed by atoms with Crippen molar-refractivity contribution in [3.8, 4) is 0 Å². The molecule has 0 saturated heterocycles. The zero-order valence-corrected chi connectivity index (χ0v) is 12.8. The molecular weight excluding hydrogens is 328 g/mol. The number of rotatable bonds is 5. The maximum Gasteiger partial charge on any atom is 0.152 e. The summed E-state index contributed by atoms with van der Waals surface area (Å²) in [5, 5.41) is 3.80. The molecule has 3 nitrogen and oxygen atoms in total. The summed E-state index contributed by atoms with van der Waals surface area (Å²) < 4.78 is 6.14. The lowest BCUT2D eigenvalue weighted by Crippen LogP contribution is -2.16. The number of anilines is 1. The van der Waals surface area contributed by atoms with Crippen molar-refractivity contribution in [1.29, 1.82) is 0 Å². The SMILES string of the molecule is COCC(Nc1cc(Br)cnc1Cl)c1ccccc1. The van der Waals surface area contributed by atoms with Gasteiger partial charge >= 0.3 is 0 Å². The standard InChI is InChI=1S/C14H14BrClN2O/c1-19-9-13(10-5-3-2-4-6-10)18-12-7-11(15)8-17-14(12)16/h2-8,13,18H,9H2,1H3. The second kappa shape index (κ2) is 6.89. The first-order chi connectivity index (χ1) is 9.20. The monoisotopic (exact) mass is 340 g/mol. The van der Waals surface area contributed by atoms with E-state index >= 15 is 0 Å². The molecule has 0 saturated carbocycles. The van der Waals surface area contributed by atoms with Gasteiger partial charge in [-0.2, -0.15) is 0 Å². The van der Waals surface area contributed by atoms with Crippen molar-refractivity contribution in [3.63, 3.8) is 0 Å². The molecule has 19 heavy (non-hydrogen) atoms. The number of aromatic nitrogens is 1. The van der Waals surface area contributed by atoms with Crippen LogP contribution in [0.5, 0.6) is 0 Å². The number of hydrogen-bond acceptors (Lipinski definition) is 3. The molecular formula is C14H14BrClN2O. The highest BCUT2D eigenvalue weighted by Gasteiger charge is 2.13. The Hall–Kier alpha value is -1.10. The topological polar surface area (TPSA) is 34.1 Å². The summed E-state index contributed by atoms with van der Waals surface area (Å²) >= 11 is 9.48. The average molecular weight is 342 g/mol. The van der Waals surface area contributed by atoms with Crippen LogP contribution in [0.2, 0.25) is 5.15 Å². The van der Waals surface area contributed by atoms with Crippen LogP contribution in [0.15, 0.2) is 47.1 Å². The Labute approximate surface area is 126 Å². The van der Waals surface area contributed by atoms with Gasteiger partial charge in [-0.3, -0.25) is 0 Å². The van der Waals surface area contributed by atoms with Gasteiger partial charge < -0.3 is 10.1 Å². The molecule has 2 rings (SSSR count). The molecule has 0 radical (unpaired) electrons. The molecule has 100 valence electrons. The van der Waals surface area contributed by atoms with E-state index in [4.69, 9.17) is 16.3 Å². The predicted molar refractivity (Wildman–Crippen MR) is 81.6 cm³/mol. The molecule has 0 bridgehead atoms. The number of ether oxygens (including phenoxy) is 1. The first kappa shape index (κ1) is 14.3. The minimum atomic E-state index is 0.0276. The Balaban J connectivity index is 2.24. The lowest BCUT2D eigenvalue weighted by Gasteiger charge is -2.20. The highest BCUT2D eigenvalue weighted by atomic mass is 79.9. The van der Waals surface area contributed by atoms with Gasteiger partial charge in [-0.15, -0.1) is 0 Å². The van der Waals surface area contributed by atoms with Gasteiger partial charge in [0.1, 0.15) is 0 Å². The molecule has 0 spiro atoms. The van der Waals surface area contributed by atoms with Crippen LogP contribution in [-0.2, 0) is 4.74 Å². The molecule has 2 aromatic rings. The third kappa shape index (κ3) is 3.93. The van der Waals surface area contributed by atoms with Gasteiger partial charge in [-0.25, -0.2) is 4.98 Å². The maximum atomic E-state index is 6.09. The molecule has 1 N–H and O–H groups in total. The van der Waals surface area contributed by atoms with Crippen LogP contribution in [0.3, 0.4) is 0 Å². The molecule has 1 aromatic carbocycles. The first-order valence-electron chi connectivity index (χ1n) is 5.82. The van der Waals surface area contributed by atoms with Crippen molar-refractivity contribution in [3.05, 3.63) is 57.8 Å². The number of methoxy groups -OCH3 is 1. The molecule has 0 aliphatic carbocycles. The fraction of sp³-hybridized carbons (Fsp3) is 0.214. The highest BCUT2D eigenvalue weighted by molar-refractivity contribution is 9.10. The quantitative estimate of drug-likeness (QED) is 0.823. The van der Waals surface area contributed by atoms with Crippen molar-refractivity contribution >= 4 is 33.2 Å². The Bertz CT molecular complexity index is 536. The van der Waals surface area contributed by atoms with E-state index in [-0.39, 0.29) is 6.04 Å². The Morgan fingerprint density at radius 1 is 1.37 bits per heavy atom. The summed E-state index contributed by atoms with van der Waals surface area (Å²) in [6, 6.07) is 12.0. The summed E-state index contributed by atoms with van der Waals surface area (Å²) in [7, 11) is 1.68. The summed E-state index contributed by atoms with van der Waals surface area (Å²) in [4.78, 5) is 4.10. The maximum absolute atomic E-state index is 6.09. The van der Waals surface area contributed by atoms with E-state index in [0.29, 0.717) is 11.8 Å². The number of nitrogens with one attached hydrogen (secondary N) is 1. The summed E-state index contributed by atoms with van der Waals surface area (Å²) in [6.07, 6.45) is 1.67. The first-order valence-corrected chi connectivity index (χ1v) is 6.99. The minimum Gasteiger partial charge on any atom is -0.382 e. The Morgan fingerprint density at radius 3 is 2.79 bits per heavy atom. The van der Waals surface area contributed by atoms with Crippen molar-refractivity contribution in [2.45, 2.75) is 6.04 Å². The van der Waals surface area contributed by atoms with Crippen LogP contribution in [0.4, 0.5) is 5.69 Å². The Kier molecular flexibility index (Phi) is 5.19. The van der Waals surface area contributed by atoms with E-state index in [0.717, 1.165) is 15.7 Å². The summed E-state index contributed by atoms with van der Waals surface area (Å²) in [5.41, 5.74) is 1.92. The zero-order valence-electron chi connectivity index (χ0n) is 10.4.